The second kappa shape index (κ2) is 10.2. The van der Waals surface area contributed by atoms with E-state index in [1.165, 1.54) is 6.20 Å². The molecule has 1 aliphatic heterocycles. The van der Waals surface area contributed by atoms with Crippen LogP contribution in [0.25, 0.3) is 0 Å². The van der Waals surface area contributed by atoms with Crippen LogP contribution in [0.3, 0.4) is 0 Å². The highest BCUT2D eigenvalue weighted by Gasteiger charge is 2.34. The van der Waals surface area contributed by atoms with Crippen LogP contribution in [0.5, 0.6) is 0 Å². The number of piperidine rings is 1. The minimum Gasteiger partial charge on any atom is -0.444 e. The van der Waals surface area contributed by atoms with Gasteiger partial charge in [-0.1, -0.05) is 6.92 Å². The first-order valence-corrected chi connectivity index (χ1v) is 11.4. The van der Waals surface area contributed by atoms with Crippen molar-refractivity contribution >= 4 is 29.4 Å². The maximum Gasteiger partial charge on any atom is 0.413 e. The summed E-state index contributed by atoms with van der Waals surface area (Å²) in [5.74, 6) is -0.687. The van der Waals surface area contributed by atoms with Gasteiger partial charge in [-0.3, -0.25) is 19.9 Å². The van der Waals surface area contributed by atoms with Gasteiger partial charge in [-0.05, 0) is 82.7 Å². The van der Waals surface area contributed by atoms with Crippen LogP contribution in [-0.4, -0.2) is 44.9 Å². The molecular formula is C25H33N5O4. The highest BCUT2D eigenvalue weighted by Crippen LogP contribution is 2.33. The first-order valence-electron chi connectivity index (χ1n) is 11.4. The maximum atomic E-state index is 13.2. The number of nitrogens with zero attached hydrogens (tertiary/aromatic N) is 3. The van der Waals surface area contributed by atoms with E-state index in [1.54, 1.807) is 44.9 Å². The second-order valence-electron chi connectivity index (χ2n) is 9.86. The van der Waals surface area contributed by atoms with Crippen molar-refractivity contribution in [1.82, 2.24) is 14.9 Å². The molecule has 34 heavy (non-hydrogen) atoms. The number of hydrogen-bond acceptors (Lipinski definition) is 6. The van der Waals surface area contributed by atoms with Crippen LogP contribution in [0.15, 0.2) is 30.6 Å². The number of anilines is 2. The number of ether oxygens (including phenoxy) is 1. The minimum atomic E-state index is -0.723. The van der Waals surface area contributed by atoms with Crippen LogP contribution >= 0.6 is 0 Å². The molecule has 1 fully saturated rings. The van der Waals surface area contributed by atoms with E-state index in [0.29, 0.717) is 29.5 Å². The summed E-state index contributed by atoms with van der Waals surface area (Å²) in [6, 6.07) is 5.34. The fraction of sp³-hybridized carbons (Fsp3) is 0.480. The van der Waals surface area contributed by atoms with Gasteiger partial charge >= 0.3 is 17.9 Å². The van der Waals surface area contributed by atoms with E-state index in [2.05, 4.69) is 27.5 Å². The van der Waals surface area contributed by atoms with Gasteiger partial charge in [0, 0.05) is 18.4 Å². The largest absolute Gasteiger partial charge is 0.444 e. The van der Waals surface area contributed by atoms with Gasteiger partial charge in [0.25, 0.3) is 0 Å². The molecule has 0 spiro atoms. The Bertz CT molecular complexity index is 1080. The zero-order valence-corrected chi connectivity index (χ0v) is 20.6. The SMILES string of the molecule is Cc1cc([C@H]2CC[C@H](C)CN2C(=O)C(=O)Nc2cnc(NC(=O)OC(C)(C)C)c(C)c2)ccn1. The summed E-state index contributed by atoms with van der Waals surface area (Å²) in [6.45, 7) is 11.5. The lowest BCUT2D eigenvalue weighted by Crippen LogP contribution is -2.46. The summed E-state index contributed by atoms with van der Waals surface area (Å²) < 4.78 is 5.24. The van der Waals surface area contributed by atoms with Gasteiger partial charge in [-0.25, -0.2) is 9.78 Å². The van der Waals surface area contributed by atoms with Crippen molar-refractivity contribution in [2.45, 2.75) is 66.0 Å². The molecule has 1 saturated heterocycles. The number of aryl methyl sites for hydroxylation is 2. The van der Waals surface area contributed by atoms with Crippen molar-refractivity contribution in [3.63, 3.8) is 0 Å². The van der Waals surface area contributed by atoms with Crippen LogP contribution in [0.4, 0.5) is 16.3 Å². The van der Waals surface area contributed by atoms with E-state index >= 15 is 0 Å². The number of rotatable bonds is 3. The smallest absolute Gasteiger partial charge is 0.413 e. The molecule has 2 N–H and O–H groups in total. The summed E-state index contributed by atoms with van der Waals surface area (Å²) in [7, 11) is 0. The van der Waals surface area contributed by atoms with E-state index in [1.807, 2.05) is 19.1 Å². The molecule has 0 saturated carbocycles. The molecule has 0 bridgehead atoms. The van der Waals surface area contributed by atoms with Crippen molar-refractivity contribution in [2.75, 3.05) is 17.2 Å². The Morgan fingerprint density at radius 3 is 2.47 bits per heavy atom. The molecule has 1 aliphatic rings. The molecule has 2 aromatic rings. The van der Waals surface area contributed by atoms with E-state index in [-0.39, 0.29) is 6.04 Å². The molecule has 2 aromatic heterocycles. The summed E-state index contributed by atoms with van der Waals surface area (Å²) in [5, 5.41) is 5.24. The summed E-state index contributed by atoms with van der Waals surface area (Å²) in [6.07, 6.45) is 4.27. The Morgan fingerprint density at radius 1 is 1.09 bits per heavy atom. The maximum absolute atomic E-state index is 13.2. The minimum absolute atomic E-state index is 0.170. The second-order valence-corrected chi connectivity index (χ2v) is 9.86. The Morgan fingerprint density at radius 2 is 1.82 bits per heavy atom. The molecule has 9 heteroatoms. The number of pyridine rings is 2. The Labute approximate surface area is 200 Å². The van der Waals surface area contributed by atoms with Gasteiger partial charge in [0.1, 0.15) is 11.4 Å². The molecule has 0 unspecified atom stereocenters. The van der Waals surface area contributed by atoms with Crippen LogP contribution in [0.1, 0.15) is 63.4 Å². The average molecular weight is 468 g/mol. The van der Waals surface area contributed by atoms with Gasteiger partial charge in [-0.15, -0.1) is 0 Å². The molecule has 0 aromatic carbocycles. The standard InChI is InChI=1S/C25H33N5O4/c1-15-7-8-20(18-9-10-26-17(3)12-18)30(14-15)23(32)22(31)28-19-11-16(2)21(27-13-19)29-24(33)34-25(4,5)6/h9-13,15,20H,7-8,14H2,1-6H3,(H,28,31)(H,27,29,33)/t15-,20+/m0/s1. The third-order valence-corrected chi connectivity index (χ3v) is 5.53. The molecule has 2 atom stereocenters. The highest BCUT2D eigenvalue weighted by molar-refractivity contribution is 6.39. The molecule has 3 amide bonds. The lowest BCUT2D eigenvalue weighted by molar-refractivity contribution is -0.146. The lowest BCUT2D eigenvalue weighted by atomic mass is 9.90. The van der Waals surface area contributed by atoms with Crippen LogP contribution < -0.4 is 10.6 Å². The molecule has 0 aliphatic carbocycles. The Hall–Kier alpha value is -3.49. The lowest BCUT2D eigenvalue weighted by Gasteiger charge is -2.38. The summed E-state index contributed by atoms with van der Waals surface area (Å²) in [5.41, 5.74) is 2.20. The van der Waals surface area contributed by atoms with E-state index in [9.17, 15) is 14.4 Å². The summed E-state index contributed by atoms with van der Waals surface area (Å²) >= 11 is 0. The number of nitrogens with one attached hydrogen (secondary N) is 2. The average Bonchev–Trinajstić information content (AvgIpc) is 2.73. The van der Waals surface area contributed by atoms with E-state index in [0.717, 1.165) is 24.1 Å². The molecule has 9 nitrogen and oxygen atoms in total. The highest BCUT2D eigenvalue weighted by atomic mass is 16.6. The predicted molar refractivity (Wildman–Crippen MR) is 129 cm³/mol. The molecule has 3 rings (SSSR count). The predicted octanol–water partition coefficient (Wildman–Crippen LogP) is 4.38. The number of carbonyl (C=O) groups is 3. The first kappa shape index (κ1) is 25.1. The van der Waals surface area contributed by atoms with Crippen LogP contribution in [-0.2, 0) is 14.3 Å². The molecule has 3 heterocycles. The molecule has 0 radical (unpaired) electrons. The first-order chi connectivity index (χ1) is 15.9. The number of aromatic nitrogens is 2. The van der Waals surface area contributed by atoms with Crippen LogP contribution in [0, 0.1) is 19.8 Å². The van der Waals surface area contributed by atoms with Crippen molar-refractivity contribution in [1.29, 1.82) is 0 Å². The molecular weight excluding hydrogens is 434 g/mol. The van der Waals surface area contributed by atoms with Crippen LogP contribution in [0.2, 0.25) is 0 Å². The zero-order valence-electron chi connectivity index (χ0n) is 20.6. The third-order valence-electron chi connectivity index (χ3n) is 5.53. The topological polar surface area (TPSA) is 114 Å². The Kier molecular flexibility index (Phi) is 7.54. The Balaban J connectivity index is 1.70. The third kappa shape index (κ3) is 6.52. The van der Waals surface area contributed by atoms with Gasteiger partial charge in [0.05, 0.1) is 17.9 Å². The van der Waals surface area contributed by atoms with Crippen molar-refractivity contribution in [3.8, 4) is 0 Å². The fourth-order valence-corrected chi connectivity index (χ4v) is 3.99. The fourth-order valence-electron chi connectivity index (χ4n) is 3.99. The summed E-state index contributed by atoms with van der Waals surface area (Å²) in [4.78, 5) is 48.1. The van der Waals surface area contributed by atoms with Crippen molar-refractivity contribution in [3.05, 3.63) is 47.4 Å². The number of hydrogen-bond donors (Lipinski definition) is 2. The van der Waals surface area contributed by atoms with E-state index in [4.69, 9.17) is 4.74 Å². The van der Waals surface area contributed by atoms with Gasteiger partial charge in [-0.2, -0.15) is 0 Å². The number of carbonyl (C=O) groups excluding carboxylic acids is 3. The van der Waals surface area contributed by atoms with Gasteiger partial charge < -0.3 is 15.0 Å². The van der Waals surface area contributed by atoms with Gasteiger partial charge in [0.2, 0.25) is 0 Å². The number of amides is 3. The molecule has 182 valence electrons. The monoisotopic (exact) mass is 467 g/mol. The normalized spacial score (nSPS) is 18.2. The van der Waals surface area contributed by atoms with Gasteiger partial charge in [0.15, 0.2) is 0 Å². The zero-order chi connectivity index (χ0) is 25.0. The van der Waals surface area contributed by atoms with E-state index < -0.39 is 23.5 Å². The van der Waals surface area contributed by atoms with Crippen molar-refractivity contribution in [2.24, 2.45) is 5.92 Å². The quantitative estimate of drug-likeness (QED) is 0.648. The number of likely N-dealkylation sites (tertiary alicyclic amines) is 1. The van der Waals surface area contributed by atoms with Crippen molar-refractivity contribution < 1.29 is 19.1 Å².